The maximum Gasteiger partial charge on any atom is 0.226 e. The van der Waals surface area contributed by atoms with Gasteiger partial charge in [-0.2, -0.15) is 0 Å². The van der Waals surface area contributed by atoms with Gasteiger partial charge < -0.3 is 17.1 Å². The Morgan fingerprint density at radius 2 is 1.46 bits per heavy atom. The van der Waals surface area contributed by atoms with Crippen LogP contribution < -0.4 is 22.0 Å². The van der Waals surface area contributed by atoms with Gasteiger partial charge in [-0.25, -0.2) is 0 Å². The predicted molar refractivity (Wildman–Crippen MR) is 107 cm³/mol. The summed E-state index contributed by atoms with van der Waals surface area (Å²) in [5.74, 6) is 2.90. The summed E-state index contributed by atoms with van der Waals surface area (Å²) in [6.45, 7) is 11.1. The summed E-state index contributed by atoms with van der Waals surface area (Å²) >= 11 is 0. The topological polar surface area (TPSA) is 37.5 Å². The van der Waals surface area contributed by atoms with Crippen LogP contribution in [0.5, 0.6) is 5.75 Å². The SMILES string of the molecule is COc1ccc(C(=N)[NH+](CCC(C)C)CCC(C)C)c2ccccc12.[Cl-]. The van der Waals surface area contributed by atoms with E-state index in [0.29, 0.717) is 17.7 Å². The number of halogens is 1. The Hall–Kier alpha value is -1.58. The van der Waals surface area contributed by atoms with Crippen molar-refractivity contribution in [2.45, 2.75) is 40.5 Å². The molecule has 3 nitrogen and oxygen atoms in total. The van der Waals surface area contributed by atoms with Gasteiger partial charge in [0.15, 0.2) is 0 Å². The molecule has 26 heavy (non-hydrogen) atoms. The van der Waals surface area contributed by atoms with E-state index >= 15 is 0 Å². The Labute approximate surface area is 164 Å². The normalized spacial score (nSPS) is 11.2. The fraction of sp³-hybridized carbons (Fsp3) is 0.500. The number of hydrogen-bond donors (Lipinski definition) is 2. The molecule has 144 valence electrons. The Morgan fingerprint density at radius 1 is 0.923 bits per heavy atom. The lowest BCUT2D eigenvalue weighted by molar-refractivity contribution is -0.807. The number of nitrogens with one attached hydrogen (secondary N) is 2. The molecule has 0 saturated heterocycles. The fourth-order valence-corrected chi connectivity index (χ4v) is 3.16. The molecule has 0 bridgehead atoms. The number of rotatable bonds is 8. The Bertz CT molecular complexity index is 700. The van der Waals surface area contributed by atoms with Crippen molar-refractivity contribution < 1.29 is 22.0 Å². The van der Waals surface area contributed by atoms with Gasteiger partial charge in [-0.3, -0.25) is 10.3 Å². The molecule has 0 aliphatic heterocycles. The molecule has 2 N–H and O–H groups in total. The first-order chi connectivity index (χ1) is 11.9. The van der Waals surface area contributed by atoms with Crippen molar-refractivity contribution >= 4 is 16.6 Å². The van der Waals surface area contributed by atoms with Gasteiger partial charge in [0.05, 0.1) is 25.8 Å². The van der Waals surface area contributed by atoms with Gasteiger partial charge in [0.1, 0.15) is 5.75 Å². The van der Waals surface area contributed by atoms with E-state index in [4.69, 9.17) is 10.1 Å². The van der Waals surface area contributed by atoms with Crippen LogP contribution in [-0.4, -0.2) is 26.0 Å². The van der Waals surface area contributed by atoms with Crippen LogP contribution in [0.1, 0.15) is 46.1 Å². The van der Waals surface area contributed by atoms with Gasteiger partial charge in [0.25, 0.3) is 0 Å². The van der Waals surface area contributed by atoms with E-state index < -0.39 is 0 Å². The maximum atomic E-state index is 8.91. The standard InChI is InChI=1S/C22H32N2O.ClH/c1-16(2)12-14-24(15-13-17(3)4)22(23)20-10-11-21(25-5)19-9-7-6-8-18(19)20;/h6-11,16-17,23H,12-15H2,1-5H3;1H. The summed E-state index contributed by atoms with van der Waals surface area (Å²) in [5, 5.41) is 11.1. The second-order valence-electron chi connectivity index (χ2n) is 7.70. The minimum Gasteiger partial charge on any atom is -1.00 e. The third-order valence-corrected chi connectivity index (χ3v) is 4.77. The van der Waals surface area contributed by atoms with Crippen molar-refractivity contribution in [1.29, 1.82) is 5.41 Å². The van der Waals surface area contributed by atoms with Crippen LogP contribution in [-0.2, 0) is 0 Å². The lowest BCUT2D eigenvalue weighted by atomic mass is 10.0. The van der Waals surface area contributed by atoms with Gasteiger partial charge in [-0.15, -0.1) is 0 Å². The Kier molecular flexibility index (Phi) is 9.11. The van der Waals surface area contributed by atoms with Crippen LogP contribution in [0.15, 0.2) is 36.4 Å². The number of methoxy groups -OCH3 is 1. The maximum absolute atomic E-state index is 8.91. The molecule has 0 amide bonds. The lowest BCUT2D eigenvalue weighted by Gasteiger charge is -2.22. The molecule has 2 rings (SSSR count). The zero-order valence-electron chi connectivity index (χ0n) is 16.7. The first-order valence-electron chi connectivity index (χ1n) is 9.43. The quantitative estimate of drug-likeness (QED) is 0.526. The molecular weight excluding hydrogens is 344 g/mol. The molecule has 0 spiro atoms. The highest BCUT2D eigenvalue weighted by Gasteiger charge is 2.21. The molecule has 2 aromatic rings. The predicted octanol–water partition coefficient (Wildman–Crippen LogP) is 1.15. The lowest BCUT2D eigenvalue weighted by Crippen LogP contribution is -3.14. The molecule has 0 radical (unpaired) electrons. The average molecular weight is 377 g/mol. The van der Waals surface area contributed by atoms with E-state index in [-0.39, 0.29) is 12.4 Å². The van der Waals surface area contributed by atoms with E-state index in [1.165, 1.54) is 4.90 Å². The van der Waals surface area contributed by atoms with E-state index in [9.17, 15) is 0 Å². The second kappa shape index (κ2) is 10.5. The fourth-order valence-electron chi connectivity index (χ4n) is 3.16. The molecule has 0 unspecified atom stereocenters. The number of amidine groups is 1. The molecule has 0 aliphatic carbocycles. The molecule has 0 saturated carbocycles. The highest BCUT2D eigenvalue weighted by atomic mass is 35.5. The first-order valence-corrected chi connectivity index (χ1v) is 9.43. The van der Waals surface area contributed by atoms with Crippen LogP contribution in [0.3, 0.4) is 0 Å². The number of fused-ring (bicyclic) bond motifs is 1. The van der Waals surface area contributed by atoms with Gasteiger partial charge in [-0.1, -0.05) is 52.0 Å². The third kappa shape index (κ3) is 5.72. The molecule has 0 fully saturated rings. The van der Waals surface area contributed by atoms with Gasteiger partial charge >= 0.3 is 0 Å². The number of quaternary nitrogens is 1. The van der Waals surface area contributed by atoms with Gasteiger partial charge in [0.2, 0.25) is 5.84 Å². The molecule has 0 atom stereocenters. The molecular formula is C22H33ClN2O. The highest BCUT2D eigenvalue weighted by Crippen LogP contribution is 2.27. The average Bonchev–Trinajstić information content (AvgIpc) is 2.59. The molecule has 0 aliphatic rings. The van der Waals surface area contributed by atoms with Crippen molar-refractivity contribution in [2.75, 3.05) is 20.2 Å². The number of benzene rings is 2. The second-order valence-corrected chi connectivity index (χ2v) is 7.70. The monoisotopic (exact) mass is 376 g/mol. The summed E-state index contributed by atoms with van der Waals surface area (Å²) in [5.41, 5.74) is 1.03. The van der Waals surface area contributed by atoms with Crippen LogP contribution in [0.25, 0.3) is 10.8 Å². The highest BCUT2D eigenvalue weighted by molar-refractivity contribution is 6.06. The third-order valence-electron chi connectivity index (χ3n) is 4.77. The number of hydrogen-bond acceptors (Lipinski definition) is 2. The van der Waals surface area contributed by atoms with E-state index in [2.05, 4.69) is 39.8 Å². The van der Waals surface area contributed by atoms with E-state index in [0.717, 1.165) is 48.0 Å². The summed E-state index contributed by atoms with van der Waals surface area (Å²) in [7, 11) is 1.70. The Balaban J connectivity index is 0.00000338. The minimum atomic E-state index is 0. The Morgan fingerprint density at radius 3 is 1.96 bits per heavy atom. The van der Waals surface area contributed by atoms with Gasteiger partial charge in [-0.05, 0) is 36.8 Å². The van der Waals surface area contributed by atoms with Crippen LogP contribution in [0.4, 0.5) is 0 Å². The number of ether oxygens (including phenoxy) is 1. The summed E-state index contributed by atoms with van der Waals surface area (Å²) in [6, 6.07) is 12.3. The van der Waals surface area contributed by atoms with E-state index in [1.54, 1.807) is 7.11 Å². The molecule has 0 aromatic heterocycles. The first kappa shape index (κ1) is 22.5. The molecule has 0 heterocycles. The van der Waals surface area contributed by atoms with Crippen LogP contribution >= 0.6 is 0 Å². The minimum absolute atomic E-state index is 0. The molecule has 2 aromatic carbocycles. The van der Waals surface area contributed by atoms with Crippen molar-refractivity contribution in [2.24, 2.45) is 11.8 Å². The largest absolute Gasteiger partial charge is 1.00 e. The summed E-state index contributed by atoms with van der Waals surface area (Å²) < 4.78 is 5.50. The van der Waals surface area contributed by atoms with Crippen molar-refractivity contribution in [3.05, 3.63) is 42.0 Å². The smallest absolute Gasteiger partial charge is 0.226 e. The van der Waals surface area contributed by atoms with Crippen molar-refractivity contribution in [3.8, 4) is 5.75 Å². The zero-order valence-corrected chi connectivity index (χ0v) is 17.5. The van der Waals surface area contributed by atoms with E-state index in [1.807, 2.05) is 24.3 Å². The van der Waals surface area contributed by atoms with Crippen LogP contribution in [0.2, 0.25) is 0 Å². The van der Waals surface area contributed by atoms with Gasteiger partial charge in [0, 0.05) is 10.8 Å². The van der Waals surface area contributed by atoms with Crippen molar-refractivity contribution in [1.82, 2.24) is 0 Å². The summed E-state index contributed by atoms with van der Waals surface area (Å²) in [4.78, 5) is 1.29. The zero-order chi connectivity index (χ0) is 18.4. The van der Waals surface area contributed by atoms with Crippen LogP contribution in [0, 0.1) is 17.2 Å². The molecule has 4 heteroatoms. The van der Waals surface area contributed by atoms with Crippen molar-refractivity contribution in [3.63, 3.8) is 0 Å². The summed E-state index contributed by atoms with van der Waals surface area (Å²) in [6.07, 6.45) is 2.29.